The SMILES string of the molecule is C/C(=C(\CCO)C1(c2ccccc2Br)SC=CS1)N(C=O)Cc1cnc(C)nc1N. The summed E-state index contributed by atoms with van der Waals surface area (Å²) in [5, 5.41) is 14.0. The largest absolute Gasteiger partial charge is 0.396 e. The van der Waals surface area contributed by atoms with Crippen molar-refractivity contribution in [3.63, 3.8) is 0 Å². The maximum atomic E-state index is 12.1. The number of nitrogens with two attached hydrogens (primary N) is 1. The lowest BCUT2D eigenvalue weighted by Gasteiger charge is -2.35. The van der Waals surface area contributed by atoms with Crippen LogP contribution in [0.4, 0.5) is 5.82 Å². The lowest BCUT2D eigenvalue weighted by molar-refractivity contribution is -0.117. The average molecular weight is 507 g/mol. The monoisotopic (exact) mass is 506 g/mol. The Bertz CT molecular complexity index is 989. The topological polar surface area (TPSA) is 92.3 Å². The van der Waals surface area contributed by atoms with Crippen molar-refractivity contribution in [3.05, 3.63) is 74.0 Å². The molecule has 1 aliphatic heterocycles. The Kier molecular flexibility index (Phi) is 7.62. The van der Waals surface area contributed by atoms with E-state index < -0.39 is 4.08 Å². The van der Waals surface area contributed by atoms with Crippen LogP contribution in [0.15, 0.2) is 57.0 Å². The molecule has 158 valence electrons. The quantitative estimate of drug-likeness (QED) is 0.507. The van der Waals surface area contributed by atoms with Crippen molar-refractivity contribution < 1.29 is 9.90 Å². The second kappa shape index (κ2) is 10.00. The zero-order chi connectivity index (χ0) is 21.7. The molecule has 6 nitrogen and oxygen atoms in total. The van der Waals surface area contributed by atoms with Crippen molar-refractivity contribution >= 4 is 51.7 Å². The number of nitrogens with zero attached hydrogens (tertiary/aromatic N) is 3. The Morgan fingerprint density at radius 2 is 2.03 bits per heavy atom. The van der Waals surface area contributed by atoms with Gasteiger partial charge in [0.05, 0.1) is 6.54 Å². The highest BCUT2D eigenvalue weighted by Gasteiger charge is 2.41. The van der Waals surface area contributed by atoms with E-state index >= 15 is 0 Å². The second-order valence-electron chi connectivity index (χ2n) is 6.70. The third kappa shape index (κ3) is 4.59. The van der Waals surface area contributed by atoms with Crippen molar-refractivity contribution in [3.8, 4) is 0 Å². The minimum absolute atomic E-state index is 0.0253. The summed E-state index contributed by atoms with van der Waals surface area (Å²) in [7, 11) is 0. The highest BCUT2D eigenvalue weighted by molar-refractivity contribution is 9.10. The van der Waals surface area contributed by atoms with Crippen LogP contribution in [0, 0.1) is 6.92 Å². The summed E-state index contributed by atoms with van der Waals surface area (Å²) in [6, 6.07) is 8.04. The first-order valence-electron chi connectivity index (χ1n) is 9.29. The van der Waals surface area contributed by atoms with Crippen LogP contribution >= 0.6 is 39.5 Å². The third-order valence-electron chi connectivity index (χ3n) is 4.87. The number of aryl methyl sites for hydroxylation is 1. The zero-order valence-electron chi connectivity index (χ0n) is 16.7. The number of aliphatic hydroxyl groups excluding tert-OH is 1. The van der Waals surface area contributed by atoms with Crippen LogP contribution in [0.3, 0.4) is 0 Å². The van der Waals surface area contributed by atoms with E-state index in [1.165, 1.54) is 0 Å². The van der Waals surface area contributed by atoms with Crippen LogP contribution in [-0.2, 0) is 15.4 Å². The van der Waals surface area contributed by atoms with Crippen LogP contribution in [0.2, 0.25) is 0 Å². The Morgan fingerprint density at radius 1 is 1.33 bits per heavy atom. The molecule has 0 saturated heterocycles. The van der Waals surface area contributed by atoms with E-state index in [-0.39, 0.29) is 13.2 Å². The van der Waals surface area contributed by atoms with Crippen molar-refractivity contribution in [1.29, 1.82) is 0 Å². The fourth-order valence-electron chi connectivity index (χ4n) is 3.36. The van der Waals surface area contributed by atoms with E-state index in [1.807, 2.05) is 35.9 Å². The number of carbonyl (C=O) groups excluding carboxylic acids is 1. The second-order valence-corrected chi connectivity index (χ2v) is 10.1. The molecule has 0 unspecified atom stereocenters. The first kappa shape index (κ1) is 22.9. The van der Waals surface area contributed by atoms with Crippen LogP contribution in [0.1, 0.15) is 30.3 Å². The standard InChI is InChI=1S/C21H23BrN4O2S2/c1-14(26(13-28)12-16-11-24-15(2)25-20(16)23)17(7-8-27)21(29-9-10-30-21)18-5-3-4-6-19(18)22/h3-6,9-11,13,27H,7-8,12H2,1-2H3,(H2,23,24,25)/b17-14-. The predicted molar refractivity (Wildman–Crippen MR) is 127 cm³/mol. The van der Waals surface area contributed by atoms with Gasteiger partial charge in [0, 0.05) is 28.5 Å². The van der Waals surface area contributed by atoms with Crippen LogP contribution in [-0.4, -0.2) is 33.0 Å². The first-order chi connectivity index (χ1) is 14.4. The van der Waals surface area contributed by atoms with E-state index in [4.69, 9.17) is 5.73 Å². The van der Waals surface area contributed by atoms with Gasteiger partial charge in [0.15, 0.2) is 0 Å². The molecular formula is C21H23BrN4O2S2. The van der Waals surface area contributed by atoms with Gasteiger partial charge in [0.25, 0.3) is 0 Å². The maximum absolute atomic E-state index is 12.1. The molecule has 0 atom stereocenters. The number of amides is 1. The molecule has 3 rings (SSSR count). The van der Waals surface area contributed by atoms with E-state index in [0.29, 0.717) is 23.6 Å². The lowest BCUT2D eigenvalue weighted by Crippen LogP contribution is -2.28. The zero-order valence-corrected chi connectivity index (χ0v) is 19.9. The highest BCUT2D eigenvalue weighted by atomic mass is 79.9. The Balaban J connectivity index is 2.08. The lowest BCUT2D eigenvalue weighted by atomic mass is 9.98. The predicted octanol–water partition coefficient (Wildman–Crippen LogP) is 4.55. The molecule has 0 fully saturated rings. The molecule has 2 aromatic rings. The fourth-order valence-corrected chi connectivity index (χ4v) is 6.98. The van der Waals surface area contributed by atoms with Gasteiger partial charge >= 0.3 is 0 Å². The molecule has 1 aliphatic rings. The van der Waals surface area contributed by atoms with Crippen LogP contribution < -0.4 is 5.73 Å². The maximum Gasteiger partial charge on any atom is 0.214 e. The summed E-state index contributed by atoms with van der Waals surface area (Å²) in [6.45, 7) is 3.90. The molecule has 0 spiro atoms. The number of anilines is 1. The Morgan fingerprint density at radius 3 is 2.63 bits per heavy atom. The molecule has 0 radical (unpaired) electrons. The van der Waals surface area contributed by atoms with Crippen molar-refractivity contribution in [2.75, 3.05) is 12.3 Å². The van der Waals surface area contributed by atoms with Gasteiger partial charge in [-0.2, -0.15) is 0 Å². The smallest absolute Gasteiger partial charge is 0.214 e. The molecule has 0 aliphatic carbocycles. The molecule has 30 heavy (non-hydrogen) atoms. The summed E-state index contributed by atoms with van der Waals surface area (Å²) in [6.07, 6.45) is 2.87. The summed E-state index contributed by atoms with van der Waals surface area (Å²) in [5.74, 6) is 0.942. The van der Waals surface area contributed by atoms with Crippen LogP contribution in [0.25, 0.3) is 0 Å². The minimum Gasteiger partial charge on any atom is -0.396 e. The van der Waals surface area contributed by atoms with Gasteiger partial charge in [0.1, 0.15) is 15.7 Å². The van der Waals surface area contributed by atoms with E-state index in [2.05, 4.69) is 32.0 Å². The number of carbonyl (C=O) groups is 1. The van der Waals surface area contributed by atoms with Gasteiger partial charge in [-0.3, -0.25) is 4.79 Å². The summed E-state index contributed by atoms with van der Waals surface area (Å²) in [5.41, 5.74) is 9.55. The Labute approximate surface area is 193 Å². The van der Waals surface area contributed by atoms with E-state index in [1.54, 1.807) is 41.5 Å². The normalized spacial score (nSPS) is 15.7. The fraction of sp³-hybridized carbons (Fsp3) is 0.286. The van der Waals surface area contributed by atoms with Gasteiger partial charge < -0.3 is 15.7 Å². The molecule has 0 bridgehead atoms. The van der Waals surface area contributed by atoms with Gasteiger partial charge in [-0.15, -0.1) is 23.5 Å². The Hall–Kier alpha value is -1.81. The number of rotatable bonds is 8. The number of hydrogen-bond donors (Lipinski definition) is 2. The third-order valence-corrected chi connectivity index (χ3v) is 8.45. The highest BCUT2D eigenvalue weighted by Crippen LogP contribution is 2.60. The van der Waals surface area contributed by atoms with Gasteiger partial charge in [-0.1, -0.05) is 34.1 Å². The molecule has 1 amide bonds. The van der Waals surface area contributed by atoms with Crippen molar-refractivity contribution in [1.82, 2.24) is 14.9 Å². The first-order valence-corrected chi connectivity index (χ1v) is 11.8. The molecule has 1 aromatic carbocycles. The van der Waals surface area contributed by atoms with Gasteiger partial charge in [0.2, 0.25) is 6.41 Å². The van der Waals surface area contributed by atoms with Crippen molar-refractivity contribution in [2.45, 2.75) is 30.9 Å². The van der Waals surface area contributed by atoms with E-state index in [0.717, 1.165) is 27.7 Å². The summed E-state index contributed by atoms with van der Waals surface area (Å²) in [4.78, 5) is 22.1. The van der Waals surface area contributed by atoms with Crippen molar-refractivity contribution in [2.24, 2.45) is 0 Å². The summed E-state index contributed by atoms with van der Waals surface area (Å²) < 4.78 is 0.495. The summed E-state index contributed by atoms with van der Waals surface area (Å²) >= 11 is 7.01. The molecule has 0 saturated carbocycles. The molecule has 2 heterocycles. The number of aromatic nitrogens is 2. The number of benzene rings is 1. The molecule has 1 aromatic heterocycles. The van der Waals surface area contributed by atoms with E-state index in [9.17, 15) is 9.90 Å². The molecule has 9 heteroatoms. The number of aliphatic hydroxyl groups is 1. The number of nitrogen functional groups attached to an aromatic ring is 1. The van der Waals surface area contributed by atoms with Gasteiger partial charge in [-0.05, 0) is 48.3 Å². The van der Waals surface area contributed by atoms with Gasteiger partial charge in [-0.25, -0.2) is 9.97 Å². The number of halogens is 1. The number of hydrogen-bond acceptors (Lipinski definition) is 7. The molecule has 3 N–H and O–H groups in total. The van der Waals surface area contributed by atoms with Crippen LogP contribution in [0.5, 0.6) is 0 Å². The molecular weight excluding hydrogens is 484 g/mol. The number of thioether (sulfide) groups is 2. The number of allylic oxidation sites excluding steroid dienone is 1. The average Bonchev–Trinajstić information content (AvgIpc) is 3.22. The minimum atomic E-state index is -0.483.